The fraction of sp³-hybridized carbons (Fsp3) is 0.385. The van der Waals surface area contributed by atoms with E-state index in [0.29, 0.717) is 16.3 Å². The molecule has 0 aromatic heterocycles. The number of amides is 2. The second-order valence-corrected chi connectivity index (χ2v) is 4.80. The molecule has 0 radical (unpaired) electrons. The van der Waals surface area contributed by atoms with Crippen LogP contribution in [-0.2, 0) is 4.79 Å². The predicted molar refractivity (Wildman–Crippen MR) is 76.6 cm³/mol. The van der Waals surface area contributed by atoms with Crippen molar-refractivity contribution in [1.29, 1.82) is 0 Å². The van der Waals surface area contributed by atoms with Crippen LogP contribution in [0.5, 0.6) is 0 Å². The summed E-state index contributed by atoms with van der Waals surface area (Å²) in [6.07, 6.45) is 0. The summed E-state index contributed by atoms with van der Waals surface area (Å²) in [7, 11) is 5.02. The Morgan fingerprint density at radius 2 is 1.95 bits per heavy atom. The molecule has 0 spiro atoms. The van der Waals surface area contributed by atoms with Crippen molar-refractivity contribution in [3.05, 3.63) is 28.8 Å². The van der Waals surface area contributed by atoms with Gasteiger partial charge in [0.05, 0.1) is 16.8 Å². The third-order valence-electron chi connectivity index (χ3n) is 2.70. The molecule has 0 aliphatic carbocycles. The van der Waals surface area contributed by atoms with Gasteiger partial charge in [-0.25, -0.2) is 0 Å². The molecule has 1 atom stereocenters. The van der Waals surface area contributed by atoms with Crippen molar-refractivity contribution >= 4 is 29.1 Å². The van der Waals surface area contributed by atoms with E-state index in [4.69, 9.17) is 11.6 Å². The molecule has 5 nitrogen and oxygen atoms in total. The Morgan fingerprint density at radius 1 is 1.32 bits per heavy atom. The molecule has 0 aliphatic rings. The average molecular weight is 284 g/mol. The zero-order valence-electron chi connectivity index (χ0n) is 11.5. The summed E-state index contributed by atoms with van der Waals surface area (Å²) in [6, 6.07) is 4.45. The number of likely N-dealkylation sites (N-methyl/N-ethyl adjacent to an activating group) is 1. The van der Waals surface area contributed by atoms with Crippen molar-refractivity contribution in [2.24, 2.45) is 0 Å². The number of hydrogen-bond donors (Lipinski definition) is 2. The van der Waals surface area contributed by atoms with Crippen LogP contribution >= 0.6 is 11.6 Å². The molecule has 0 heterocycles. The molecule has 0 saturated carbocycles. The molecule has 1 rings (SSSR count). The highest BCUT2D eigenvalue weighted by Crippen LogP contribution is 2.23. The van der Waals surface area contributed by atoms with E-state index in [2.05, 4.69) is 10.6 Å². The number of halogens is 1. The molecule has 0 saturated heterocycles. The molecule has 0 aliphatic heterocycles. The van der Waals surface area contributed by atoms with Gasteiger partial charge in [-0.15, -0.1) is 0 Å². The largest absolute Gasteiger partial charge is 0.345 e. The Morgan fingerprint density at radius 3 is 2.47 bits per heavy atom. The minimum Gasteiger partial charge on any atom is -0.345 e. The van der Waals surface area contributed by atoms with E-state index in [1.54, 1.807) is 46.3 Å². The molecular weight excluding hydrogens is 266 g/mol. The summed E-state index contributed by atoms with van der Waals surface area (Å²) in [6.45, 7) is 1.73. The van der Waals surface area contributed by atoms with Crippen molar-refractivity contribution in [3.8, 4) is 0 Å². The van der Waals surface area contributed by atoms with Gasteiger partial charge in [-0.1, -0.05) is 11.6 Å². The first-order valence-electron chi connectivity index (χ1n) is 5.86. The van der Waals surface area contributed by atoms with Gasteiger partial charge in [0.1, 0.15) is 0 Å². The summed E-state index contributed by atoms with van der Waals surface area (Å²) in [5.74, 6) is -0.354. The van der Waals surface area contributed by atoms with E-state index >= 15 is 0 Å². The number of anilines is 1. The van der Waals surface area contributed by atoms with Crippen LogP contribution in [0.15, 0.2) is 18.2 Å². The maximum absolute atomic E-state index is 11.8. The number of rotatable bonds is 4. The Balaban J connectivity index is 2.98. The highest BCUT2D eigenvalue weighted by molar-refractivity contribution is 6.34. The maximum Gasteiger partial charge on any atom is 0.253 e. The maximum atomic E-state index is 11.8. The number of nitrogens with zero attached hydrogens (tertiary/aromatic N) is 1. The lowest BCUT2D eigenvalue weighted by molar-refractivity contribution is -0.117. The number of benzene rings is 1. The highest BCUT2D eigenvalue weighted by Gasteiger charge is 2.15. The van der Waals surface area contributed by atoms with Gasteiger partial charge in [0.25, 0.3) is 5.91 Å². The van der Waals surface area contributed by atoms with Crippen LogP contribution in [0, 0.1) is 0 Å². The number of carbonyl (C=O) groups excluding carboxylic acids is 2. The standard InChI is InChI=1S/C13H18ClN3O2/c1-8(15-2)12(18)16-11-7-9(5-6-10(11)14)13(19)17(3)4/h5-8,15H,1-4H3,(H,16,18). The number of nitrogens with one attached hydrogen (secondary N) is 2. The third kappa shape index (κ3) is 3.94. The molecule has 0 fully saturated rings. The normalized spacial score (nSPS) is 11.8. The lowest BCUT2D eigenvalue weighted by Crippen LogP contribution is -2.35. The third-order valence-corrected chi connectivity index (χ3v) is 3.03. The second kappa shape index (κ2) is 6.54. The van der Waals surface area contributed by atoms with Gasteiger partial charge >= 0.3 is 0 Å². The van der Waals surface area contributed by atoms with E-state index in [1.165, 1.54) is 4.90 Å². The van der Waals surface area contributed by atoms with E-state index in [-0.39, 0.29) is 17.9 Å². The Bertz CT molecular complexity index is 489. The Hall–Kier alpha value is -1.59. The smallest absolute Gasteiger partial charge is 0.253 e. The molecule has 0 bridgehead atoms. The minimum atomic E-state index is -0.343. The van der Waals surface area contributed by atoms with E-state index in [0.717, 1.165) is 0 Å². The topological polar surface area (TPSA) is 61.4 Å². The number of hydrogen-bond acceptors (Lipinski definition) is 3. The predicted octanol–water partition coefficient (Wildman–Crippen LogP) is 1.59. The van der Waals surface area contributed by atoms with Gasteiger partial charge in [0.15, 0.2) is 0 Å². The van der Waals surface area contributed by atoms with Gasteiger partial charge < -0.3 is 15.5 Å². The lowest BCUT2D eigenvalue weighted by Gasteiger charge is -2.14. The fourth-order valence-electron chi connectivity index (χ4n) is 1.38. The van der Waals surface area contributed by atoms with Gasteiger partial charge in [0.2, 0.25) is 5.91 Å². The first-order chi connectivity index (χ1) is 8.86. The Labute approximate surface area is 117 Å². The van der Waals surface area contributed by atoms with Gasteiger partial charge in [0, 0.05) is 19.7 Å². The molecule has 1 unspecified atom stereocenters. The molecule has 1 aromatic carbocycles. The summed E-state index contributed by atoms with van der Waals surface area (Å²) in [5.41, 5.74) is 0.906. The highest BCUT2D eigenvalue weighted by atomic mass is 35.5. The lowest BCUT2D eigenvalue weighted by atomic mass is 10.1. The molecule has 104 valence electrons. The first-order valence-corrected chi connectivity index (χ1v) is 6.24. The van der Waals surface area contributed by atoms with Crippen LogP contribution in [0.1, 0.15) is 17.3 Å². The quantitative estimate of drug-likeness (QED) is 0.882. The minimum absolute atomic E-state index is 0.145. The molecule has 2 N–H and O–H groups in total. The van der Waals surface area contributed by atoms with Gasteiger partial charge in [-0.3, -0.25) is 9.59 Å². The molecule has 6 heteroatoms. The monoisotopic (exact) mass is 283 g/mol. The van der Waals surface area contributed by atoms with Crippen LogP contribution in [0.2, 0.25) is 5.02 Å². The van der Waals surface area contributed by atoms with E-state index in [1.807, 2.05) is 0 Å². The van der Waals surface area contributed by atoms with Crippen LogP contribution in [0.3, 0.4) is 0 Å². The first kappa shape index (κ1) is 15.5. The zero-order valence-corrected chi connectivity index (χ0v) is 12.2. The van der Waals surface area contributed by atoms with Crippen LogP contribution in [0.25, 0.3) is 0 Å². The van der Waals surface area contributed by atoms with Crippen molar-refractivity contribution in [2.45, 2.75) is 13.0 Å². The fourth-order valence-corrected chi connectivity index (χ4v) is 1.55. The SMILES string of the molecule is CNC(C)C(=O)Nc1cc(C(=O)N(C)C)ccc1Cl. The van der Waals surface area contributed by atoms with Crippen molar-refractivity contribution in [1.82, 2.24) is 10.2 Å². The Kier molecular flexibility index (Phi) is 5.32. The molecular formula is C13H18ClN3O2. The molecule has 1 aromatic rings. The summed E-state index contributed by atoms with van der Waals surface area (Å²) in [4.78, 5) is 25.1. The van der Waals surface area contributed by atoms with Crippen LogP contribution < -0.4 is 10.6 Å². The van der Waals surface area contributed by atoms with Crippen LogP contribution in [0.4, 0.5) is 5.69 Å². The van der Waals surface area contributed by atoms with E-state index < -0.39 is 0 Å². The van der Waals surface area contributed by atoms with Gasteiger partial charge in [-0.2, -0.15) is 0 Å². The average Bonchev–Trinajstić information content (AvgIpc) is 2.39. The molecule has 2 amide bonds. The summed E-state index contributed by atoms with van der Waals surface area (Å²) < 4.78 is 0. The van der Waals surface area contributed by atoms with Gasteiger partial charge in [-0.05, 0) is 32.2 Å². The van der Waals surface area contributed by atoms with Crippen molar-refractivity contribution < 1.29 is 9.59 Å². The second-order valence-electron chi connectivity index (χ2n) is 4.39. The summed E-state index contributed by atoms with van der Waals surface area (Å²) in [5, 5.41) is 5.92. The van der Waals surface area contributed by atoms with Crippen molar-refractivity contribution in [2.75, 3.05) is 26.5 Å². The molecule has 19 heavy (non-hydrogen) atoms. The van der Waals surface area contributed by atoms with Crippen molar-refractivity contribution in [3.63, 3.8) is 0 Å². The van der Waals surface area contributed by atoms with E-state index in [9.17, 15) is 9.59 Å². The van der Waals surface area contributed by atoms with Crippen LogP contribution in [-0.4, -0.2) is 43.9 Å². The number of carbonyl (C=O) groups is 2. The summed E-state index contributed by atoms with van der Waals surface area (Å²) >= 11 is 6.01. The zero-order chi connectivity index (χ0) is 14.6.